The zero-order valence-electron chi connectivity index (χ0n) is 17.5. The van der Waals surface area contributed by atoms with Crippen LogP contribution in [-0.4, -0.2) is 40.3 Å². The third-order valence-corrected chi connectivity index (χ3v) is 5.79. The van der Waals surface area contributed by atoms with Crippen LogP contribution in [0.3, 0.4) is 0 Å². The third-order valence-electron chi connectivity index (χ3n) is 5.50. The summed E-state index contributed by atoms with van der Waals surface area (Å²) in [6.45, 7) is 1.05. The molecule has 1 unspecified atom stereocenters. The van der Waals surface area contributed by atoms with Crippen LogP contribution in [0.4, 0.5) is 0 Å². The molecule has 2 aromatic carbocycles. The van der Waals surface area contributed by atoms with Gasteiger partial charge in [-0.2, -0.15) is 0 Å². The number of aromatic amines is 1. The lowest BCUT2D eigenvalue weighted by Gasteiger charge is -2.25. The maximum Gasteiger partial charge on any atom is 0.295 e. The summed E-state index contributed by atoms with van der Waals surface area (Å²) in [5.74, 6) is -1.15. The number of methoxy groups -OCH3 is 1. The Hall–Kier alpha value is -3.58. The Morgan fingerprint density at radius 1 is 1.22 bits per heavy atom. The number of likely N-dealkylation sites (tertiary alicyclic amines) is 1. The summed E-state index contributed by atoms with van der Waals surface area (Å²) >= 11 is 6.22. The number of hydrogen-bond donors (Lipinski definition) is 2. The first-order chi connectivity index (χ1) is 15.5. The summed E-state index contributed by atoms with van der Waals surface area (Å²) in [6, 6.07) is 13.3. The number of H-pyrrole nitrogens is 1. The Balaban J connectivity index is 1.72. The van der Waals surface area contributed by atoms with Crippen molar-refractivity contribution in [2.45, 2.75) is 19.0 Å². The van der Waals surface area contributed by atoms with E-state index >= 15 is 0 Å². The van der Waals surface area contributed by atoms with E-state index in [9.17, 15) is 14.7 Å². The minimum atomic E-state index is -0.711. The number of aliphatic hydroxyl groups is 1. The minimum absolute atomic E-state index is 0.0525. The average Bonchev–Trinajstić information content (AvgIpc) is 3.41. The first-order valence-electron chi connectivity index (χ1n) is 10.2. The second-order valence-corrected chi connectivity index (χ2v) is 7.86. The molecular formula is C24H23ClN3O4+. The molecule has 1 fully saturated rings. The van der Waals surface area contributed by atoms with E-state index in [1.807, 2.05) is 53.6 Å². The number of hydrogen-bond acceptors (Lipinski definition) is 4. The van der Waals surface area contributed by atoms with Crippen molar-refractivity contribution in [3.8, 4) is 5.75 Å². The van der Waals surface area contributed by atoms with Gasteiger partial charge in [0.15, 0.2) is 0 Å². The number of nitrogens with zero attached hydrogens (tertiary/aromatic N) is 2. The van der Waals surface area contributed by atoms with Gasteiger partial charge in [0.1, 0.15) is 23.9 Å². The molecule has 1 saturated heterocycles. The Bertz CT molecular complexity index is 1160. The van der Waals surface area contributed by atoms with Crippen molar-refractivity contribution in [2.75, 3.05) is 13.7 Å². The summed E-state index contributed by atoms with van der Waals surface area (Å²) in [6.07, 6.45) is 6.19. The smallest absolute Gasteiger partial charge is 0.295 e. The molecule has 2 N–H and O–H groups in total. The lowest BCUT2D eigenvalue weighted by Crippen LogP contribution is -2.36. The van der Waals surface area contributed by atoms with Crippen molar-refractivity contribution in [3.05, 3.63) is 89.0 Å². The van der Waals surface area contributed by atoms with Crippen LogP contribution >= 0.6 is 11.6 Å². The molecule has 1 aliphatic heterocycles. The van der Waals surface area contributed by atoms with Gasteiger partial charge in [-0.25, -0.2) is 4.57 Å². The fourth-order valence-corrected chi connectivity index (χ4v) is 4.20. The molecule has 32 heavy (non-hydrogen) atoms. The molecule has 1 aromatic heterocycles. The van der Waals surface area contributed by atoms with Gasteiger partial charge in [0.2, 0.25) is 6.33 Å². The molecule has 8 heteroatoms. The van der Waals surface area contributed by atoms with Crippen molar-refractivity contribution in [1.29, 1.82) is 0 Å². The van der Waals surface area contributed by atoms with Crippen LogP contribution in [0.5, 0.6) is 5.75 Å². The van der Waals surface area contributed by atoms with E-state index in [1.54, 1.807) is 12.1 Å². The van der Waals surface area contributed by atoms with E-state index in [4.69, 9.17) is 16.3 Å². The number of aromatic nitrogens is 2. The third kappa shape index (κ3) is 4.11. The Labute approximate surface area is 190 Å². The van der Waals surface area contributed by atoms with E-state index in [-0.39, 0.29) is 11.3 Å². The van der Waals surface area contributed by atoms with Gasteiger partial charge >= 0.3 is 0 Å². The zero-order chi connectivity index (χ0) is 22.7. The van der Waals surface area contributed by atoms with Gasteiger partial charge in [-0.05, 0) is 23.8 Å². The Kier molecular flexibility index (Phi) is 6.28. The molecule has 0 bridgehead atoms. The summed E-state index contributed by atoms with van der Waals surface area (Å²) in [5, 5.41) is 11.4. The van der Waals surface area contributed by atoms with Crippen molar-refractivity contribution >= 4 is 29.1 Å². The number of rotatable bonds is 7. The fraction of sp³-hybridized carbons (Fsp3) is 0.208. The van der Waals surface area contributed by atoms with Crippen LogP contribution in [0.25, 0.3) is 5.76 Å². The van der Waals surface area contributed by atoms with Crippen LogP contribution in [-0.2, 0) is 16.1 Å². The van der Waals surface area contributed by atoms with Gasteiger partial charge in [-0.3, -0.25) is 14.6 Å². The number of amides is 1. The molecule has 1 amide bonds. The van der Waals surface area contributed by atoms with Gasteiger partial charge in [0.25, 0.3) is 11.7 Å². The van der Waals surface area contributed by atoms with Gasteiger partial charge in [-0.1, -0.05) is 41.9 Å². The highest BCUT2D eigenvalue weighted by molar-refractivity contribution is 6.46. The molecule has 0 spiro atoms. The number of ether oxygens (including phenoxy) is 1. The van der Waals surface area contributed by atoms with Crippen LogP contribution in [0.1, 0.15) is 23.6 Å². The van der Waals surface area contributed by atoms with Crippen molar-refractivity contribution in [2.24, 2.45) is 0 Å². The van der Waals surface area contributed by atoms with Crippen molar-refractivity contribution in [3.63, 3.8) is 0 Å². The van der Waals surface area contributed by atoms with Crippen LogP contribution in [0, 0.1) is 0 Å². The largest absolute Gasteiger partial charge is 0.507 e. The topological polar surface area (TPSA) is 86.5 Å². The highest BCUT2D eigenvalue weighted by Gasteiger charge is 2.45. The first kappa shape index (κ1) is 21.6. The summed E-state index contributed by atoms with van der Waals surface area (Å²) in [5.41, 5.74) is 1.15. The average molecular weight is 453 g/mol. The fourth-order valence-electron chi connectivity index (χ4n) is 3.94. The molecule has 7 nitrogen and oxygen atoms in total. The number of carbonyl (C=O) groups is 2. The molecule has 1 aliphatic rings. The van der Waals surface area contributed by atoms with Crippen LogP contribution in [0.15, 0.2) is 72.8 Å². The first-order valence-corrected chi connectivity index (χ1v) is 10.6. The van der Waals surface area contributed by atoms with Crippen LogP contribution in [0.2, 0.25) is 5.02 Å². The molecule has 2 heterocycles. The van der Waals surface area contributed by atoms with E-state index in [0.29, 0.717) is 35.8 Å². The number of halogens is 1. The number of nitrogens with one attached hydrogen (secondary N) is 1. The minimum Gasteiger partial charge on any atom is -0.507 e. The maximum absolute atomic E-state index is 13.0. The van der Waals surface area contributed by atoms with E-state index in [1.165, 1.54) is 18.1 Å². The Morgan fingerprint density at radius 3 is 2.66 bits per heavy atom. The molecule has 0 radical (unpaired) electrons. The normalized spacial score (nSPS) is 17.7. The van der Waals surface area contributed by atoms with Gasteiger partial charge in [0.05, 0.1) is 30.3 Å². The predicted molar refractivity (Wildman–Crippen MR) is 119 cm³/mol. The second kappa shape index (κ2) is 9.28. The molecule has 164 valence electrons. The summed E-state index contributed by atoms with van der Waals surface area (Å²) in [4.78, 5) is 30.5. The highest BCUT2D eigenvalue weighted by Crippen LogP contribution is 2.40. The molecule has 4 rings (SSSR count). The van der Waals surface area contributed by atoms with Gasteiger partial charge in [-0.15, -0.1) is 0 Å². The number of imidazole rings is 1. The quantitative estimate of drug-likeness (QED) is 0.249. The Morgan fingerprint density at radius 2 is 2.00 bits per heavy atom. The molecule has 1 atom stereocenters. The molecule has 3 aromatic rings. The van der Waals surface area contributed by atoms with E-state index in [2.05, 4.69) is 4.98 Å². The monoisotopic (exact) mass is 452 g/mol. The van der Waals surface area contributed by atoms with E-state index < -0.39 is 17.7 Å². The van der Waals surface area contributed by atoms with Gasteiger partial charge in [0, 0.05) is 18.5 Å². The highest BCUT2D eigenvalue weighted by atomic mass is 35.5. The number of carbonyl (C=O) groups excluding carboxylic acids is 2. The second-order valence-electron chi connectivity index (χ2n) is 7.46. The maximum atomic E-state index is 13.0. The standard InChI is InChI=1S/C24H22ClN3O4/c1-32-19-9-8-17(14-18(19)25)22(29)20-21(16-6-3-2-4-7-16)28(24(31)23(20)30)12-5-11-27-13-10-26-15-27/h2-4,6-10,13-15,21H,5,11-12H2,1H3,(H,29,30)/p+1. The number of aliphatic hydroxyl groups excluding tert-OH is 1. The van der Waals surface area contributed by atoms with Gasteiger partial charge < -0.3 is 14.7 Å². The number of aryl methyl sites for hydroxylation is 1. The van der Waals surface area contributed by atoms with Crippen molar-refractivity contribution < 1.29 is 24.0 Å². The molecule has 0 saturated carbocycles. The summed E-state index contributed by atoms with van der Waals surface area (Å²) < 4.78 is 7.13. The van der Waals surface area contributed by atoms with Crippen LogP contribution < -0.4 is 9.30 Å². The molecule has 0 aliphatic carbocycles. The number of benzene rings is 2. The summed E-state index contributed by atoms with van der Waals surface area (Å²) in [7, 11) is 1.49. The number of Topliss-reactive ketones (excluding diaryl/α,β-unsaturated/α-hetero) is 1. The number of ketones is 1. The predicted octanol–water partition coefficient (Wildman–Crippen LogP) is 3.48. The van der Waals surface area contributed by atoms with Crippen molar-refractivity contribution in [1.82, 2.24) is 9.88 Å². The zero-order valence-corrected chi connectivity index (χ0v) is 18.2. The lowest BCUT2D eigenvalue weighted by atomic mass is 9.95. The lowest BCUT2D eigenvalue weighted by molar-refractivity contribution is -0.695. The van der Waals surface area contributed by atoms with E-state index in [0.717, 1.165) is 5.56 Å². The SMILES string of the molecule is COc1ccc(C(O)=C2C(=O)C(=O)N(CCC[n+]3cc[nH]c3)C2c2ccccc2)cc1Cl. The molecular weight excluding hydrogens is 430 g/mol.